The molecule has 0 heterocycles. The number of rotatable bonds is 12. The van der Waals surface area contributed by atoms with Gasteiger partial charge in [0.2, 0.25) is 11.6 Å². The van der Waals surface area contributed by atoms with Crippen molar-refractivity contribution in [2.24, 2.45) is 0 Å². The van der Waals surface area contributed by atoms with Gasteiger partial charge in [0.25, 0.3) is 0 Å². The Hall–Kier alpha value is -0.770. The van der Waals surface area contributed by atoms with Gasteiger partial charge < -0.3 is 9.79 Å². The van der Waals surface area contributed by atoms with E-state index in [0.29, 0.717) is 12.8 Å². The lowest BCUT2D eigenvalue weighted by atomic mass is 10.1. The number of carbonyl (C=O) groups is 2. The van der Waals surface area contributed by atoms with Gasteiger partial charge in [-0.25, -0.2) is 0 Å². The number of hydrogen-bond donors (Lipinski definition) is 2. The minimum Gasteiger partial charge on any atom is -0.324 e. The minimum atomic E-state index is -3.83. The second kappa shape index (κ2) is 11.0. The normalized spacial score (nSPS) is 11.9. The summed E-state index contributed by atoms with van der Waals surface area (Å²) in [6.07, 6.45) is 9.09. The fraction of sp³-hybridized carbons (Fsp3) is 0.714. The molecule has 0 unspecified atom stereocenters. The first kappa shape index (κ1) is 19.2. The van der Waals surface area contributed by atoms with Gasteiger partial charge in [-0.15, -0.1) is 0 Å². The van der Waals surface area contributed by atoms with E-state index in [9.17, 15) is 14.2 Å². The van der Waals surface area contributed by atoms with Crippen LogP contribution in [0, 0.1) is 0 Å². The van der Waals surface area contributed by atoms with Gasteiger partial charge in [-0.2, -0.15) is 0 Å². The van der Waals surface area contributed by atoms with Gasteiger partial charge in [-0.3, -0.25) is 14.2 Å². The highest BCUT2D eigenvalue weighted by Gasteiger charge is 2.11. The Labute approximate surface area is 120 Å². The Balaban J connectivity index is 3.39. The topological polar surface area (TPSA) is 91.7 Å². The average molecular weight is 304 g/mol. The number of unbranched alkanes of at least 4 members (excludes halogenated alkanes) is 6. The zero-order valence-corrected chi connectivity index (χ0v) is 13.0. The van der Waals surface area contributed by atoms with Crippen LogP contribution < -0.4 is 0 Å². The lowest BCUT2D eigenvalue weighted by molar-refractivity contribution is -0.133. The van der Waals surface area contributed by atoms with E-state index in [0.717, 1.165) is 38.5 Å². The van der Waals surface area contributed by atoms with Crippen molar-refractivity contribution in [1.29, 1.82) is 0 Å². The van der Waals surface area contributed by atoms with Crippen molar-refractivity contribution >= 4 is 19.2 Å². The lowest BCUT2D eigenvalue weighted by Gasteiger charge is -2.03. The van der Waals surface area contributed by atoms with Crippen LogP contribution in [0.5, 0.6) is 0 Å². The fourth-order valence-corrected chi connectivity index (χ4v) is 2.49. The second-order valence-corrected chi connectivity index (χ2v) is 6.68. The van der Waals surface area contributed by atoms with Gasteiger partial charge in [0, 0.05) is 12.6 Å². The molecule has 0 saturated heterocycles. The first-order valence-corrected chi connectivity index (χ1v) is 8.91. The molecule has 116 valence electrons. The van der Waals surface area contributed by atoms with E-state index in [1.807, 2.05) is 0 Å². The van der Waals surface area contributed by atoms with Crippen LogP contribution in [-0.2, 0) is 14.2 Å². The van der Waals surface area contributed by atoms with E-state index in [2.05, 4.69) is 0 Å². The maximum Gasteiger partial charge on any atom is 0.325 e. The molecule has 0 aromatic carbocycles. The minimum absolute atomic E-state index is 0.0332. The maximum absolute atomic E-state index is 11.3. The van der Waals surface area contributed by atoms with E-state index in [1.54, 1.807) is 13.0 Å². The number of ketones is 2. The number of allylic oxidation sites excluding steroid dienone is 2. The molecule has 6 heteroatoms. The third kappa shape index (κ3) is 12.3. The summed E-state index contributed by atoms with van der Waals surface area (Å²) in [7, 11) is -3.83. The van der Waals surface area contributed by atoms with Gasteiger partial charge in [0.15, 0.2) is 0 Å². The molecule has 0 amide bonds. The summed E-state index contributed by atoms with van der Waals surface area (Å²) in [6, 6.07) is 0. The Morgan fingerprint density at radius 1 is 0.950 bits per heavy atom. The summed E-state index contributed by atoms with van der Waals surface area (Å²) in [4.78, 5) is 39.8. The predicted octanol–water partition coefficient (Wildman–Crippen LogP) is 3.00. The van der Waals surface area contributed by atoms with Crippen molar-refractivity contribution < 1.29 is 23.9 Å². The highest BCUT2D eigenvalue weighted by Crippen LogP contribution is 2.35. The molecule has 2 N–H and O–H groups in total. The van der Waals surface area contributed by atoms with Crippen molar-refractivity contribution in [2.75, 3.05) is 6.16 Å². The number of carbonyl (C=O) groups excluding carboxylic acids is 2. The first-order valence-electron chi connectivity index (χ1n) is 7.11. The summed E-state index contributed by atoms with van der Waals surface area (Å²) in [5.74, 6) is -0.755. The van der Waals surface area contributed by atoms with E-state index in [4.69, 9.17) is 9.79 Å². The summed E-state index contributed by atoms with van der Waals surface area (Å²) in [5.41, 5.74) is 0. The molecule has 0 aromatic heterocycles. The first-order chi connectivity index (χ1) is 9.37. The van der Waals surface area contributed by atoms with Crippen LogP contribution in [0.4, 0.5) is 0 Å². The van der Waals surface area contributed by atoms with Crippen LogP contribution >= 0.6 is 7.60 Å². The predicted molar refractivity (Wildman–Crippen MR) is 78.7 cm³/mol. The van der Waals surface area contributed by atoms with Gasteiger partial charge in [-0.05, 0) is 25.8 Å². The van der Waals surface area contributed by atoms with Crippen LogP contribution in [0.1, 0.15) is 58.3 Å². The maximum atomic E-state index is 11.3. The third-order valence-electron chi connectivity index (χ3n) is 2.95. The van der Waals surface area contributed by atoms with Crippen LogP contribution in [0.25, 0.3) is 0 Å². The summed E-state index contributed by atoms with van der Waals surface area (Å²) in [5, 5.41) is 0. The summed E-state index contributed by atoms with van der Waals surface area (Å²) >= 11 is 0. The van der Waals surface area contributed by atoms with Crippen molar-refractivity contribution in [1.82, 2.24) is 0 Å². The van der Waals surface area contributed by atoms with E-state index >= 15 is 0 Å². The molecule has 0 radical (unpaired) electrons. The van der Waals surface area contributed by atoms with Gasteiger partial charge >= 0.3 is 7.60 Å². The quantitative estimate of drug-likeness (QED) is 0.250. The summed E-state index contributed by atoms with van der Waals surface area (Å²) in [6.45, 7) is 1.71. The van der Waals surface area contributed by atoms with Crippen molar-refractivity contribution in [3.05, 3.63) is 12.2 Å². The van der Waals surface area contributed by atoms with Crippen LogP contribution in [0.2, 0.25) is 0 Å². The molecule has 0 fully saturated rings. The molecular formula is C14H25O5P. The zero-order chi connectivity index (χ0) is 15.4. The number of Topliss-reactive ketones (excluding diaryl/α,β-unsaturated/α-hetero) is 1. The molecule has 0 saturated carbocycles. The van der Waals surface area contributed by atoms with Gasteiger partial charge in [0.1, 0.15) is 0 Å². The Morgan fingerprint density at radius 3 is 1.95 bits per heavy atom. The monoisotopic (exact) mass is 304 g/mol. The average Bonchev–Trinajstić information content (AvgIpc) is 2.35. The Morgan fingerprint density at radius 2 is 1.45 bits per heavy atom. The fourth-order valence-electron chi connectivity index (χ4n) is 1.85. The molecule has 0 atom stereocenters. The standard InChI is InChI=1S/C14H25O5P/c1-2-10-13(15)14(16)11-8-6-4-3-5-7-9-12-20(17,18)19/h2,10H,3-9,11-12H2,1H3,(H2,17,18,19). The molecule has 0 bridgehead atoms. The van der Waals surface area contributed by atoms with E-state index in [-0.39, 0.29) is 11.9 Å². The lowest BCUT2D eigenvalue weighted by Crippen LogP contribution is -2.10. The molecule has 0 aliphatic rings. The van der Waals surface area contributed by atoms with E-state index in [1.165, 1.54) is 6.08 Å². The van der Waals surface area contributed by atoms with Crippen LogP contribution in [0.3, 0.4) is 0 Å². The SMILES string of the molecule is CC=CC(=O)C(=O)CCCCCCCCCP(=O)(O)O. The van der Waals surface area contributed by atoms with E-state index < -0.39 is 13.4 Å². The highest BCUT2D eigenvalue weighted by atomic mass is 31.2. The Bertz CT molecular complexity index is 370. The second-order valence-electron chi connectivity index (χ2n) is 4.90. The molecule has 0 spiro atoms. The van der Waals surface area contributed by atoms with Gasteiger partial charge in [0.05, 0.1) is 0 Å². The molecule has 5 nitrogen and oxygen atoms in total. The van der Waals surface area contributed by atoms with Gasteiger partial charge in [-0.1, -0.05) is 38.2 Å². The Kier molecular flexibility index (Phi) is 10.5. The molecule has 20 heavy (non-hydrogen) atoms. The third-order valence-corrected chi connectivity index (χ3v) is 3.84. The number of hydrogen-bond acceptors (Lipinski definition) is 3. The highest BCUT2D eigenvalue weighted by molar-refractivity contribution is 7.51. The van der Waals surface area contributed by atoms with Crippen molar-refractivity contribution in [3.63, 3.8) is 0 Å². The molecule has 0 aliphatic carbocycles. The van der Waals surface area contributed by atoms with Crippen LogP contribution in [0.15, 0.2) is 12.2 Å². The van der Waals surface area contributed by atoms with Crippen molar-refractivity contribution in [2.45, 2.75) is 58.3 Å². The molecular weight excluding hydrogens is 279 g/mol. The summed E-state index contributed by atoms with van der Waals surface area (Å²) < 4.78 is 10.6. The zero-order valence-electron chi connectivity index (χ0n) is 12.1. The molecule has 0 aromatic rings. The molecule has 0 rings (SSSR count). The van der Waals surface area contributed by atoms with Crippen molar-refractivity contribution in [3.8, 4) is 0 Å². The smallest absolute Gasteiger partial charge is 0.324 e. The largest absolute Gasteiger partial charge is 0.325 e. The molecule has 0 aliphatic heterocycles. The van der Waals surface area contributed by atoms with Crippen LogP contribution in [-0.4, -0.2) is 27.5 Å².